The molecule has 0 spiro atoms. The number of piperazine rings is 1. The molecule has 0 radical (unpaired) electrons. The molecule has 1 aromatic carbocycles. The first-order chi connectivity index (χ1) is 15.8. The smallest absolute Gasteiger partial charge is 0.273 e. The van der Waals surface area contributed by atoms with Gasteiger partial charge >= 0.3 is 0 Å². The first-order valence-electron chi connectivity index (χ1n) is 11.5. The van der Waals surface area contributed by atoms with Crippen LogP contribution in [0.4, 0.5) is 5.13 Å². The predicted octanol–water partition coefficient (Wildman–Crippen LogP) is 2.31. The van der Waals surface area contributed by atoms with E-state index in [1.165, 1.54) is 11.3 Å². The van der Waals surface area contributed by atoms with Gasteiger partial charge in [-0.2, -0.15) is 0 Å². The summed E-state index contributed by atoms with van der Waals surface area (Å²) in [6.07, 6.45) is 0. The third-order valence-electron chi connectivity index (χ3n) is 5.54. The molecule has 0 aliphatic carbocycles. The summed E-state index contributed by atoms with van der Waals surface area (Å²) in [5, 5.41) is 5.83. The summed E-state index contributed by atoms with van der Waals surface area (Å²) in [4.78, 5) is 38.4. The molecule has 1 aromatic heterocycles. The van der Waals surface area contributed by atoms with E-state index in [0.29, 0.717) is 51.5 Å². The van der Waals surface area contributed by atoms with Crippen LogP contribution in [0.3, 0.4) is 0 Å². The molecule has 0 unspecified atom stereocenters. The average molecular weight is 473 g/mol. The number of benzene rings is 1. The number of nitrogens with zero attached hydrogens (tertiary/aromatic N) is 5. The van der Waals surface area contributed by atoms with Gasteiger partial charge in [0.05, 0.1) is 6.54 Å². The molecule has 8 nitrogen and oxygen atoms in total. The molecule has 0 saturated carbocycles. The summed E-state index contributed by atoms with van der Waals surface area (Å²) in [7, 11) is 4.04. The minimum absolute atomic E-state index is 0.0364. The number of likely N-dealkylation sites (N-methyl/N-ethyl adjacent to an activating group) is 1. The molecule has 3 rings (SSSR count). The van der Waals surface area contributed by atoms with Crippen molar-refractivity contribution in [3.63, 3.8) is 0 Å². The topological polar surface area (TPSA) is 72.0 Å². The maximum Gasteiger partial charge on any atom is 0.273 e. The molecule has 1 fully saturated rings. The summed E-state index contributed by atoms with van der Waals surface area (Å²) in [5.41, 5.74) is 1.63. The van der Waals surface area contributed by atoms with E-state index in [2.05, 4.69) is 32.2 Å². The van der Waals surface area contributed by atoms with Crippen LogP contribution in [-0.4, -0.2) is 102 Å². The van der Waals surface area contributed by atoms with Crippen LogP contribution in [-0.2, 0) is 11.3 Å². The summed E-state index contributed by atoms with van der Waals surface area (Å²) in [6, 6.07) is 10.4. The Balaban J connectivity index is 1.52. The Morgan fingerprint density at radius 1 is 1.09 bits per heavy atom. The van der Waals surface area contributed by atoms with Crippen LogP contribution in [0.1, 0.15) is 29.9 Å². The van der Waals surface area contributed by atoms with Crippen LogP contribution in [0.5, 0.6) is 0 Å². The lowest BCUT2D eigenvalue weighted by Crippen LogP contribution is -2.52. The number of hydrogen-bond donors (Lipinski definition) is 1. The third-order valence-corrected chi connectivity index (χ3v) is 6.31. The Kier molecular flexibility index (Phi) is 9.22. The first-order valence-corrected chi connectivity index (χ1v) is 12.4. The molecule has 2 heterocycles. The van der Waals surface area contributed by atoms with E-state index in [0.717, 1.165) is 17.2 Å². The maximum atomic E-state index is 13.1. The lowest BCUT2D eigenvalue weighted by molar-refractivity contribution is -0.133. The Morgan fingerprint density at radius 3 is 2.42 bits per heavy atom. The van der Waals surface area contributed by atoms with Crippen LogP contribution in [0.15, 0.2) is 35.7 Å². The molecule has 180 valence electrons. The Bertz CT molecular complexity index is 893. The molecule has 0 bridgehead atoms. The maximum absolute atomic E-state index is 13.1. The quantitative estimate of drug-likeness (QED) is 0.572. The molecular formula is C24H36N6O2S. The van der Waals surface area contributed by atoms with Crippen LogP contribution < -0.4 is 5.32 Å². The molecule has 1 saturated heterocycles. The van der Waals surface area contributed by atoms with Gasteiger partial charge in [0.25, 0.3) is 5.91 Å². The van der Waals surface area contributed by atoms with Crippen molar-refractivity contribution in [2.24, 2.45) is 0 Å². The Hall–Kier alpha value is -2.49. The van der Waals surface area contributed by atoms with Gasteiger partial charge in [-0.25, -0.2) is 4.98 Å². The van der Waals surface area contributed by atoms with Crippen molar-refractivity contribution in [1.82, 2.24) is 24.6 Å². The van der Waals surface area contributed by atoms with E-state index in [1.54, 1.807) is 0 Å². The molecule has 0 atom stereocenters. The van der Waals surface area contributed by atoms with Crippen molar-refractivity contribution in [3.05, 3.63) is 47.0 Å². The van der Waals surface area contributed by atoms with Crippen molar-refractivity contribution in [2.45, 2.75) is 26.4 Å². The van der Waals surface area contributed by atoms with Gasteiger partial charge in [0, 0.05) is 57.2 Å². The highest BCUT2D eigenvalue weighted by Crippen LogP contribution is 2.18. The first kappa shape index (κ1) is 25.1. The van der Waals surface area contributed by atoms with Crippen LogP contribution in [0.25, 0.3) is 0 Å². The van der Waals surface area contributed by atoms with Crippen LogP contribution in [0.2, 0.25) is 0 Å². The number of rotatable bonds is 10. The summed E-state index contributed by atoms with van der Waals surface area (Å²) in [5.74, 6) is 0.0927. The van der Waals surface area contributed by atoms with Gasteiger partial charge in [0.1, 0.15) is 5.69 Å². The number of anilines is 1. The molecule has 33 heavy (non-hydrogen) atoms. The van der Waals surface area contributed by atoms with Gasteiger partial charge in [-0.1, -0.05) is 30.3 Å². The van der Waals surface area contributed by atoms with E-state index in [1.807, 2.05) is 61.3 Å². The number of carbonyl (C=O) groups excluding carboxylic acids is 2. The Labute approximate surface area is 201 Å². The van der Waals surface area contributed by atoms with E-state index in [-0.39, 0.29) is 17.9 Å². The van der Waals surface area contributed by atoms with E-state index < -0.39 is 0 Å². The number of thiazole rings is 1. The fraction of sp³-hybridized carbons (Fsp3) is 0.542. The van der Waals surface area contributed by atoms with E-state index >= 15 is 0 Å². The number of nitrogens with one attached hydrogen (secondary N) is 1. The largest absolute Gasteiger partial charge is 0.359 e. The molecule has 1 N–H and O–H groups in total. The molecule has 2 aromatic rings. The normalized spacial score (nSPS) is 14.7. The predicted molar refractivity (Wildman–Crippen MR) is 134 cm³/mol. The highest BCUT2D eigenvalue weighted by atomic mass is 32.1. The number of amides is 2. The number of hydrogen-bond acceptors (Lipinski definition) is 7. The summed E-state index contributed by atoms with van der Waals surface area (Å²) >= 11 is 1.46. The standard InChI is InChI=1S/C24H36N6O2S/c1-19(2)25-24-26-21(18-33-24)23(32)29-14-11-28(12-15-29)17-22(31)30(13-10-27(3)4)16-20-8-6-5-7-9-20/h5-9,18-19H,10-17H2,1-4H3,(H,25,26). The van der Waals surface area contributed by atoms with Crippen molar-refractivity contribution < 1.29 is 9.59 Å². The highest BCUT2D eigenvalue weighted by Gasteiger charge is 2.26. The third kappa shape index (κ3) is 7.80. The minimum Gasteiger partial charge on any atom is -0.359 e. The monoisotopic (exact) mass is 472 g/mol. The molecule has 2 amide bonds. The van der Waals surface area contributed by atoms with Gasteiger partial charge < -0.3 is 20.0 Å². The zero-order chi connectivity index (χ0) is 23.8. The van der Waals surface area contributed by atoms with Gasteiger partial charge in [-0.15, -0.1) is 11.3 Å². The van der Waals surface area contributed by atoms with Crippen LogP contribution in [0, 0.1) is 0 Å². The van der Waals surface area contributed by atoms with Crippen molar-refractivity contribution >= 4 is 28.3 Å². The number of carbonyl (C=O) groups is 2. The second kappa shape index (κ2) is 12.1. The second-order valence-corrected chi connectivity index (χ2v) is 9.87. The fourth-order valence-corrected chi connectivity index (χ4v) is 4.50. The zero-order valence-corrected chi connectivity index (χ0v) is 21.0. The fourth-order valence-electron chi connectivity index (χ4n) is 3.66. The van der Waals surface area contributed by atoms with Gasteiger partial charge in [0.15, 0.2) is 5.13 Å². The van der Waals surface area contributed by atoms with Gasteiger partial charge in [-0.05, 0) is 33.5 Å². The molecule has 1 aliphatic rings. The Morgan fingerprint density at radius 2 is 1.79 bits per heavy atom. The lowest BCUT2D eigenvalue weighted by Gasteiger charge is -2.35. The summed E-state index contributed by atoms with van der Waals surface area (Å²) in [6.45, 7) is 9.18. The minimum atomic E-state index is -0.0364. The molecular weight excluding hydrogens is 436 g/mol. The van der Waals surface area contributed by atoms with Crippen molar-refractivity contribution in [1.29, 1.82) is 0 Å². The van der Waals surface area contributed by atoms with E-state index in [4.69, 9.17) is 0 Å². The SMILES string of the molecule is CC(C)Nc1nc(C(=O)N2CCN(CC(=O)N(CCN(C)C)Cc3ccccc3)CC2)cs1. The van der Waals surface area contributed by atoms with Gasteiger partial charge in [0.2, 0.25) is 5.91 Å². The second-order valence-electron chi connectivity index (χ2n) is 9.01. The zero-order valence-electron chi connectivity index (χ0n) is 20.2. The van der Waals surface area contributed by atoms with Gasteiger partial charge in [-0.3, -0.25) is 14.5 Å². The van der Waals surface area contributed by atoms with E-state index in [9.17, 15) is 9.59 Å². The lowest BCUT2D eigenvalue weighted by atomic mass is 10.2. The number of aromatic nitrogens is 1. The van der Waals surface area contributed by atoms with Crippen molar-refractivity contribution in [3.8, 4) is 0 Å². The molecule has 9 heteroatoms. The van der Waals surface area contributed by atoms with Crippen molar-refractivity contribution in [2.75, 3.05) is 65.2 Å². The average Bonchev–Trinajstić information content (AvgIpc) is 3.25. The van der Waals surface area contributed by atoms with Crippen LogP contribution >= 0.6 is 11.3 Å². The summed E-state index contributed by atoms with van der Waals surface area (Å²) < 4.78 is 0. The highest BCUT2D eigenvalue weighted by molar-refractivity contribution is 7.13. The molecule has 1 aliphatic heterocycles.